The zero-order chi connectivity index (χ0) is 15.6. The molecule has 0 nitrogen and oxygen atoms in total. The molecule has 24 heavy (non-hydrogen) atoms. The Labute approximate surface area is 228 Å². The number of fused-ring (bicyclic) bond motifs is 1. The van der Waals surface area contributed by atoms with Crippen LogP contribution in [0.15, 0.2) is 34.9 Å². The van der Waals surface area contributed by atoms with Crippen LogP contribution >= 0.6 is 0 Å². The molecule has 1 saturated carbocycles. The summed E-state index contributed by atoms with van der Waals surface area (Å²) in [6.45, 7) is 23.2. The zero-order valence-corrected chi connectivity index (χ0v) is 24.8. The molecule has 2 aliphatic rings. The first-order valence-electron chi connectivity index (χ1n) is 8.08. The number of allylic oxidation sites excluding steroid dienone is 5. The molecular weight excluding hydrogens is 519 g/mol. The van der Waals surface area contributed by atoms with Gasteiger partial charge in [0.25, 0.3) is 0 Å². The molecule has 0 aliphatic heterocycles. The van der Waals surface area contributed by atoms with Crippen molar-refractivity contribution in [1.82, 2.24) is 0 Å². The van der Waals surface area contributed by atoms with Gasteiger partial charge in [-0.3, -0.25) is 0 Å². The molecular formula is C21H37Y3-. The van der Waals surface area contributed by atoms with Crippen molar-refractivity contribution in [2.75, 3.05) is 0 Å². The predicted molar refractivity (Wildman–Crippen MR) is 98.1 cm³/mol. The Morgan fingerprint density at radius 1 is 0.833 bits per heavy atom. The van der Waals surface area contributed by atoms with Gasteiger partial charge in [0.2, 0.25) is 0 Å². The van der Waals surface area contributed by atoms with Gasteiger partial charge in [-0.1, -0.05) is 38.5 Å². The second-order valence-corrected chi connectivity index (χ2v) is 6.57. The minimum atomic E-state index is 0. The molecule has 2 rings (SSSR count). The van der Waals surface area contributed by atoms with E-state index >= 15 is 0 Å². The SMILES string of the molecule is C.C=CCC1C(C)C(C)C2C(C)=C(C)C(C)=C(C)C12.[CH2-]C.[Y].[Y].[Y]. The van der Waals surface area contributed by atoms with E-state index in [9.17, 15) is 0 Å². The van der Waals surface area contributed by atoms with Gasteiger partial charge in [-0.15, -0.1) is 6.58 Å². The molecule has 0 spiro atoms. The van der Waals surface area contributed by atoms with Crippen molar-refractivity contribution >= 4 is 0 Å². The molecule has 0 heterocycles. The van der Waals surface area contributed by atoms with E-state index in [-0.39, 0.29) is 106 Å². The van der Waals surface area contributed by atoms with Gasteiger partial charge in [0, 0.05) is 98.1 Å². The van der Waals surface area contributed by atoms with Crippen molar-refractivity contribution in [1.29, 1.82) is 0 Å². The van der Waals surface area contributed by atoms with Gasteiger partial charge < -0.3 is 6.92 Å². The standard InChI is InChI=1S/C18H28.C2H5.CH4.3Y/c1-8-9-16-12(4)15(7)17-13(5)10(2)11(3)14(6)18(16)17;1-2;;;;/h8,12,15-18H,1,9H2,2-7H3;1H2,2H3;1H4;;;/q;-1;;;;. The Bertz CT molecular complexity index is 434. The number of hydrogen-bond acceptors (Lipinski definition) is 0. The fraction of sp³-hybridized carbons (Fsp3) is 0.667. The third kappa shape index (κ3) is 6.55. The maximum absolute atomic E-state index is 3.97. The maximum atomic E-state index is 3.97. The van der Waals surface area contributed by atoms with Gasteiger partial charge in [-0.2, -0.15) is 6.92 Å². The first kappa shape index (κ1) is 34.1. The van der Waals surface area contributed by atoms with E-state index in [2.05, 4.69) is 61.1 Å². The van der Waals surface area contributed by atoms with E-state index in [0.717, 1.165) is 29.6 Å². The predicted octanol–water partition coefficient (Wildman–Crippen LogP) is 6.85. The summed E-state index contributed by atoms with van der Waals surface area (Å²) < 4.78 is 0. The second-order valence-electron chi connectivity index (χ2n) is 6.57. The van der Waals surface area contributed by atoms with E-state index in [1.54, 1.807) is 29.2 Å². The summed E-state index contributed by atoms with van der Waals surface area (Å²) in [7, 11) is 0. The molecule has 5 atom stereocenters. The number of rotatable bonds is 2. The molecule has 0 aromatic carbocycles. The molecule has 5 unspecified atom stereocenters. The largest absolute Gasteiger partial charge is 0.346 e. The minimum absolute atomic E-state index is 0. The van der Waals surface area contributed by atoms with Gasteiger partial charge in [-0.25, -0.2) is 0 Å². The van der Waals surface area contributed by atoms with Crippen LogP contribution in [0.1, 0.15) is 62.3 Å². The summed E-state index contributed by atoms with van der Waals surface area (Å²) in [5, 5.41) is 0. The van der Waals surface area contributed by atoms with Crippen molar-refractivity contribution < 1.29 is 98.1 Å². The fourth-order valence-electron chi connectivity index (χ4n) is 4.54. The first-order valence-corrected chi connectivity index (χ1v) is 8.08. The van der Waals surface area contributed by atoms with E-state index < -0.39 is 0 Å². The summed E-state index contributed by atoms with van der Waals surface area (Å²) in [4.78, 5) is 0. The van der Waals surface area contributed by atoms with Crippen molar-refractivity contribution in [2.24, 2.45) is 29.6 Å². The summed E-state index contributed by atoms with van der Waals surface area (Å²) in [6, 6.07) is 0. The van der Waals surface area contributed by atoms with Gasteiger partial charge in [0.15, 0.2) is 0 Å². The average Bonchev–Trinajstić information content (AvgIpc) is 2.70. The molecule has 131 valence electrons. The molecule has 0 bridgehead atoms. The van der Waals surface area contributed by atoms with Gasteiger partial charge in [0.05, 0.1) is 0 Å². The van der Waals surface area contributed by atoms with Gasteiger partial charge >= 0.3 is 0 Å². The Morgan fingerprint density at radius 3 is 1.58 bits per heavy atom. The van der Waals surface area contributed by atoms with Crippen LogP contribution in [0.5, 0.6) is 0 Å². The van der Waals surface area contributed by atoms with E-state index in [4.69, 9.17) is 0 Å². The second kappa shape index (κ2) is 15.5. The molecule has 1 fully saturated rings. The Morgan fingerprint density at radius 2 is 1.21 bits per heavy atom. The normalized spacial score (nSPS) is 30.4. The molecule has 0 amide bonds. The summed E-state index contributed by atoms with van der Waals surface area (Å²) in [5.41, 5.74) is 6.39. The smallest absolute Gasteiger partial charge is 0 e. The van der Waals surface area contributed by atoms with Crippen molar-refractivity contribution in [3.05, 3.63) is 41.9 Å². The first-order chi connectivity index (χ1) is 9.41. The van der Waals surface area contributed by atoms with Crippen LogP contribution in [0.2, 0.25) is 0 Å². The van der Waals surface area contributed by atoms with E-state index in [0.29, 0.717) is 0 Å². The van der Waals surface area contributed by atoms with Crippen LogP contribution in [-0.4, -0.2) is 0 Å². The summed E-state index contributed by atoms with van der Waals surface area (Å²) in [5.74, 6) is 3.94. The summed E-state index contributed by atoms with van der Waals surface area (Å²) >= 11 is 0. The van der Waals surface area contributed by atoms with Crippen LogP contribution in [-0.2, 0) is 98.1 Å². The van der Waals surface area contributed by atoms with Crippen LogP contribution < -0.4 is 0 Å². The quantitative estimate of drug-likeness (QED) is 0.258. The van der Waals surface area contributed by atoms with Crippen molar-refractivity contribution in [3.63, 3.8) is 0 Å². The van der Waals surface area contributed by atoms with Crippen LogP contribution in [0.4, 0.5) is 0 Å². The molecule has 3 heteroatoms. The number of hydrogen-bond donors (Lipinski definition) is 0. The third-order valence-electron chi connectivity index (χ3n) is 6.10. The molecule has 3 radical (unpaired) electrons. The zero-order valence-electron chi connectivity index (χ0n) is 16.3. The Balaban J connectivity index is -0.000000321. The van der Waals surface area contributed by atoms with Crippen LogP contribution in [0.25, 0.3) is 0 Å². The molecule has 0 aromatic rings. The van der Waals surface area contributed by atoms with Crippen LogP contribution in [0.3, 0.4) is 0 Å². The summed E-state index contributed by atoms with van der Waals surface area (Å²) in [6.07, 6.45) is 3.29. The molecule has 0 aromatic heterocycles. The van der Waals surface area contributed by atoms with Crippen molar-refractivity contribution in [3.8, 4) is 0 Å². The van der Waals surface area contributed by atoms with Gasteiger partial charge in [-0.05, 0) is 74.9 Å². The van der Waals surface area contributed by atoms with Crippen LogP contribution in [0, 0.1) is 36.5 Å². The van der Waals surface area contributed by atoms with E-state index in [1.807, 2.05) is 0 Å². The average molecular weight is 556 g/mol. The van der Waals surface area contributed by atoms with E-state index in [1.165, 1.54) is 6.42 Å². The minimum Gasteiger partial charge on any atom is -0.346 e. The Hall–Kier alpha value is 2.53. The van der Waals surface area contributed by atoms with Crippen molar-refractivity contribution in [2.45, 2.75) is 62.3 Å². The fourth-order valence-corrected chi connectivity index (χ4v) is 4.54. The molecule has 0 N–H and O–H groups in total. The topological polar surface area (TPSA) is 0 Å². The monoisotopic (exact) mass is 556 g/mol. The maximum Gasteiger partial charge on any atom is 0 e. The van der Waals surface area contributed by atoms with Gasteiger partial charge in [0.1, 0.15) is 0 Å². The molecule has 2 aliphatic carbocycles. The third-order valence-corrected chi connectivity index (χ3v) is 6.10. The molecule has 0 saturated heterocycles. The Kier molecular flexibility index (Phi) is 21.9.